The van der Waals surface area contributed by atoms with E-state index in [-0.39, 0.29) is 11.0 Å². The molecule has 1 aliphatic rings. The Morgan fingerprint density at radius 3 is 2.74 bits per heavy atom. The molecule has 1 fully saturated rings. The van der Waals surface area contributed by atoms with E-state index in [4.69, 9.17) is 16.3 Å². The normalized spacial score (nSPS) is 14.9. The number of nitrogens with zero attached hydrogens (tertiary/aromatic N) is 4. The van der Waals surface area contributed by atoms with Crippen LogP contribution in [0.3, 0.4) is 0 Å². The Balaban J connectivity index is 1.61. The highest BCUT2D eigenvalue weighted by Crippen LogP contribution is 2.40. The molecular formula is C22H17ClF2N4OS. The van der Waals surface area contributed by atoms with Crippen LogP contribution in [0.15, 0.2) is 42.7 Å². The van der Waals surface area contributed by atoms with Crippen LogP contribution in [0.2, 0.25) is 5.28 Å². The lowest BCUT2D eigenvalue weighted by Crippen LogP contribution is -2.35. The van der Waals surface area contributed by atoms with E-state index in [1.165, 1.54) is 17.4 Å². The van der Waals surface area contributed by atoms with Crippen molar-refractivity contribution in [3.63, 3.8) is 0 Å². The fourth-order valence-corrected chi connectivity index (χ4v) is 5.06. The van der Waals surface area contributed by atoms with Gasteiger partial charge in [0.25, 0.3) is 0 Å². The summed E-state index contributed by atoms with van der Waals surface area (Å²) >= 11 is 7.27. The minimum atomic E-state index is -0.541. The number of pyridine rings is 1. The summed E-state index contributed by atoms with van der Waals surface area (Å²) in [6.07, 6.45) is 2.66. The van der Waals surface area contributed by atoms with Gasteiger partial charge in [-0.15, -0.1) is 11.3 Å². The van der Waals surface area contributed by atoms with Crippen LogP contribution in [0.25, 0.3) is 31.8 Å². The Hall–Kier alpha value is -2.52. The summed E-state index contributed by atoms with van der Waals surface area (Å²) in [5, 5.41) is 0.902. The molecule has 158 valence electrons. The van der Waals surface area contributed by atoms with Crippen LogP contribution in [-0.4, -0.2) is 46.2 Å². The first-order valence-electron chi connectivity index (χ1n) is 9.74. The molecule has 0 bridgehead atoms. The molecule has 4 aromatic rings. The molecule has 1 aromatic carbocycles. The first-order chi connectivity index (χ1) is 15.1. The number of hydrogen-bond acceptors (Lipinski definition) is 6. The average Bonchev–Trinajstić information content (AvgIpc) is 3.22. The lowest BCUT2D eigenvalue weighted by molar-refractivity contribution is 0.0342. The van der Waals surface area contributed by atoms with Gasteiger partial charge in [0.1, 0.15) is 5.69 Å². The standard InChI is InChI=1S/C22H17ClF2N4OS/c23-22-27-11-17(24)20(28-22)18-8-13-2-1-3-15(21(13)31-18)16-9-19(25)26-10-14(16)12-29-4-6-30-7-5-29/h1-3,8-11H,4-7,12H2. The molecule has 5 rings (SSSR count). The molecule has 0 saturated carbocycles. The van der Waals surface area contributed by atoms with Gasteiger partial charge in [-0.3, -0.25) is 4.90 Å². The highest BCUT2D eigenvalue weighted by molar-refractivity contribution is 7.22. The number of benzene rings is 1. The largest absolute Gasteiger partial charge is 0.379 e. The fourth-order valence-electron chi connectivity index (χ4n) is 3.75. The number of halogens is 3. The molecule has 1 aliphatic heterocycles. The Bertz CT molecular complexity index is 1260. The summed E-state index contributed by atoms with van der Waals surface area (Å²) in [6.45, 7) is 3.65. The predicted octanol–water partition coefficient (Wildman–Crippen LogP) is 5.18. The lowest BCUT2D eigenvalue weighted by Gasteiger charge is -2.27. The number of aromatic nitrogens is 3. The Morgan fingerprint density at radius 1 is 1.06 bits per heavy atom. The Kier molecular flexibility index (Phi) is 5.62. The molecule has 0 radical (unpaired) electrons. The third-order valence-corrected chi connectivity index (χ3v) is 6.61. The van der Waals surface area contributed by atoms with Crippen molar-refractivity contribution in [3.8, 4) is 21.7 Å². The van der Waals surface area contributed by atoms with Gasteiger partial charge in [-0.05, 0) is 34.2 Å². The maximum Gasteiger partial charge on any atom is 0.223 e. The molecule has 3 aromatic heterocycles. The quantitative estimate of drug-likeness (QED) is 0.311. The molecule has 9 heteroatoms. The lowest BCUT2D eigenvalue weighted by atomic mass is 10.00. The number of thiophene rings is 1. The van der Waals surface area contributed by atoms with Crippen molar-refractivity contribution in [1.82, 2.24) is 19.9 Å². The van der Waals surface area contributed by atoms with E-state index in [9.17, 15) is 8.78 Å². The fraction of sp³-hybridized carbons (Fsp3) is 0.227. The van der Waals surface area contributed by atoms with E-state index in [1.807, 2.05) is 24.3 Å². The van der Waals surface area contributed by atoms with Crippen LogP contribution in [0.4, 0.5) is 8.78 Å². The van der Waals surface area contributed by atoms with Gasteiger partial charge in [-0.1, -0.05) is 18.2 Å². The van der Waals surface area contributed by atoms with Gasteiger partial charge in [-0.2, -0.15) is 4.39 Å². The summed E-state index contributed by atoms with van der Waals surface area (Å²) in [7, 11) is 0. The van der Waals surface area contributed by atoms with E-state index >= 15 is 0 Å². The van der Waals surface area contributed by atoms with Crippen molar-refractivity contribution in [2.24, 2.45) is 0 Å². The molecule has 5 nitrogen and oxygen atoms in total. The van der Waals surface area contributed by atoms with Crippen LogP contribution in [0, 0.1) is 11.8 Å². The molecule has 0 spiro atoms. The number of ether oxygens (including phenoxy) is 1. The summed E-state index contributed by atoms with van der Waals surface area (Å²) in [5.74, 6) is -1.08. The van der Waals surface area contributed by atoms with Gasteiger partial charge in [0.15, 0.2) is 5.82 Å². The Labute approximate surface area is 186 Å². The van der Waals surface area contributed by atoms with Gasteiger partial charge < -0.3 is 4.74 Å². The number of morpholine rings is 1. The highest BCUT2D eigenvalue weighted by atomic mass is 35.5. The second-order valence-corrected chi connectivity index (χ2v) is 8.61. The minimum Gasteiger partial charge on any atom is -0.379 e. The van der Waals surface area contributed by atoms with E-state index in [1.54, 1.807) is 6.20 Å². The predicted molar refractivity (Wildman–Crippen MR) is 117 cm³/mol. The van der Waals surface area contributed by atoms with Crippen LogP contribution in [0.1, 0.15) is 5.56 Å². The van der Waals surface area contributed by atoms with Crippen LogP contribution >= 0.6 is 22.9 Å². The number of hydrogen-bond donors (Lipinski definition) is 0. The Morgan fingerprint density at radius 2 is 1.90 bits per heavy atom. The molecular weight excluding hydrogens is 442 g/mol. The van der Waals surface area contributed by atoms with Crippen molar-refractivity contribution in [2.45, 2.75) is 6.54 Å². The molecule has 1 saturated heterocycles. The van der Waals surface area contributed by atoms with Gasteiger partial charge in [0, 0.05) is 42.2 Å². The van der Waals surface area contributed by atoms with E-state index in [0.717, 1.165) is 46.1 Å². The first-order valence-corrected chi connectivity index (χ1v) is 10.9. The third kappa shape index (κ3) is 4.16. The van der Waals surface area contributed by atoms with Crippen LogP contribution in [0.5, 0.6) is 0 Å². The van der Waals surface area contributed by atoms with Crippen molar-refractivity contribution >= 4 is 33.0 Å². The first kappa shape index (κ1) is 20.4. The van der Waals surface area contributed by atoms with Crippen molar-refractivity contribution in [2.75, 3.05) is 26.3 Å². The zero-order valence-corrected chi connectivity index (χ0v) is 17.9. The molecule has 4 heterocycles. The number of fused-ring (bicyclic) bond motifs is 1. The van der Waals surface area contributed by atoms with Gasteiger partial charge in [0.2, 0.25) is 11.2 Å². The van der Waals surface area contributed by atoms with Crippen molar-refractivity contribution in [3.05, 3.63) is 65.3 Å². The number of rotatable bonds is 4. The van der Waals surface area contributed by atoms with Gasteiger partial charge >= 0.3 is 0 Å². The molecule has 0 amide bonds. The SMILES string of the molecule is Fc1cc(-c2cccc3cc(-c4nc(Cl)ncc4F)sc23)c(CN2CCOCC2)cn1. The zero-order valence-electron chi connectivity index (χ0n) is 16.3. The minimum absolute atomic E-state index is 0.0157. The molecule has 31 heavy (non-hydrogen) atoms. The van der Waals surface area contributed by atoms with Crippen LogP contribution in [-0.2, 0) is 11.3 Å². The van der Waals surface area contributed by atoms with E-state index < -0.39 is 11.8 Å². The maximum absolute atomic E-state index is 14.3. The summed E-state index contributed by atoms with van der Waals surface area (Å²) < 4.78 is 34.8. The molecule has 0 atom stereocenters. The second kappa shape index (κ2) is 8.55. The maximum atomic E-state index is 14.3. The van der Waals surface area contributed by atoms with Crippen molar-refractivity contribution in [1.29, 1.82) is 0 Å². The van der Waals surface area contributed by atoms with Crippen molar-refractivity contribution < 1.29 is 13.5 Å². The zero-order chi connectivity index (χ0) is 21.4. The monoisotopic (exact) mass is 458 g/mol. The smallest absolute Gasteiger partial charge is 0.223 e. The second-order valence-electron chi connectivity index (χ2n) is 7.22. The highest BCUT2D eigenvalue weighted by Gasteiger charge is 2.19. The summed E-state index contributed by atoms with van der Waals surface area (Å²) in [4.78, 5) is 14.5. The molecule has 0 unspecified atom stereocenters. The van der Waals surface area contributed by atoms with Gasteiger partial charge in [0.05, 0.1) is 24.3 Å². The molecule has 0 N–H and O–H groups in total. The summed E-state index contributed by atoms with van der Waals surface area (Å²) in [5.41, 5.74) is 2.74. The van der Waals surface area contributed by atoms with Gasteiger partial charge in [-0.25, -0.2) is 19.3 Å². The topological polar surface area (TPSA) is 51.1 Å². The van der Waals surface area contributed by atoms with E-state index in [2.05, 4.69) is 19.9 Å². The average molecular weight is 459 g/mol. The molecule has 0 aliphatic carbocycles. The third-order valence-electron chi connectivity index (χ3n) is 5.23. The summed E-state index contributed by atoms with van der Waals surface area (Å²) in [6, 6.07) is 9.13. The van der Waals surface area contributed by atoms with Crippen LogP contribution < -0.4 is 0 Å². The van der Waals surface area contributed by atoms with E-state index in [0.29, 0.717) is 24.6 Å².